The van der Waals surface area contributed by atoms with Gasteiger partial charge in [0, 0.05) is 46.9 Å². The highest BCUT2D eigenvalue weighted by Crippen LogP contribution is 2.34. The Morgan fingerprint density at radius 3 is 2.16 bits per heavy atom. The number of rotatable bonds is 8. The van der Waals surface area contributed by atoms with E-state index in [0.29, 0.717) is 17.8 Å². The summed E-state index contributed by atoms with van der Waals surface area (Å²) in [7, 11) is 3.44. The summed E-state index contributed by atoms with van der Waals surface area (Å²) in [5, 5.41) is 21.1. The van der Waals surface area contributed by atoms with Crippen LogP contribution in [0.5, 0.6) is 11.5 Å². The molecule has 0 fully saturated rings. The van der Waals surface area contributed by atoms with E-state index in [4.69, 9.17) is 4.74 Å². The minimum absolute atomic E-state index is 0.0595. The van der Waals surface area contributed by atoms with E-state index in [2.05, 4.69) is 6.07 Å². The zero-order valence-corrected chi connectivity index (χ0v) is 21.9. The van der Waals surface area contributed by atoms with Crippen molar-refractivity contribution in [2.24, 2.45) is 0 Å². The highest BCUT2D eigenvalue weighted by molar-refractivity contribution is 7.99. The van der Waals surface area contributed by atoms with Crippen LogP contribution in [0.25, 0.3) is 10.9 Å². The number of carbonyl (C=O) groups is 1. The first kappa shape index (κ1) is 25.6. The smallest absolute Gasteiger partial charge is 0.253 e. The first-order valence-electron chi connectivity index (χ1n) is 12.2. The summed E-state index contributed by atoms with van der Waals surface area (Å²) in [6, 6.07) is 32.9. The number of aliphatic hydroxyl groups excluding tert-OH is 1. The predicted molar refractivity (Wildman–Crippen MR) is 150 cm³/mol. The van der Waals surface area contributed by atoms with E-state index in [-0.39, 0.29) is 5.91 Å². The molecule has 1 heterocycles. The molecule has 4 aromatic carbocycles. The molecular weight excluding hydrogens is 496 g/mol. The molecule has 1 amide bonds. The van der Waals surface area contributed by atoms with Gasteiger partial charge < -0.3 is 24.4 Å². The van der Waals surface area contributed by atoms with Crippen LogP contribution in [0.2, 0.25) is 0 Å². The Hall–Kier alpha value is -4.04. The highest BCUT2D eigenvalue weighted by atomic mass is 32.2. The maximum atomic E-state index is 12.2. The monoisotopic (exact) mass is 524 g/mol. The van der Waals surface area contributed by atoms with Gasteiger partial charge in [0.25, 0.3) is 5.91 Å². The SMILES string of the molecule is CN(C)C(=O)c1ccc(Cn2c(C(O)O)cc3ccc(Sc4ccc(Oc5ccccc5)cc4)cc32)cc1. The molecule has 2 N–H and O–H groups in total. The average molecular weight is 525 g/mol. The average Bonchev–Trinajstić information content (AvgIpc) is 3.28. The lowest BCUT2D eigenvalue weighted by molar-refractivity contribution is -0.0478. The highest BCUT2D eigenvalue weighted by Gasteiger charge is 2.16. The Bertz CT molecular complexity index is 1540. The van der Waals surface area contributed by atoms with E-state index in [1.807, 2.05) is 83.4 Å². The molecule has 1 aromatic heterocycles. The summed E-state index contributed by atoms with van der Waals surface area (Å²) in [6.45, 7) is 0.437. The van der Waals surface area contributed by atoms with Crippen molar-refractivity contribution in [1.29, 1.82) is 0 Å². The Morgan fingerprint density at radius 2 is 1.50 bits per heavy atom. The number of nitrogens with zero attached hydrogens (tertiary/aromatic N) is 2. The van der Waals surface area contributed by atoms with Gasteiger partial charge in [-0.15, -0.1) is 0 Å². The number of para-hydroxylation sites is 1. The second-order valence-electron chi connectivity index (χ2n) is 9.13. The van der Waals surface area contributed by atoms with Gasteiger partial charge in [0.1, 0.15) is 11.5 Å². The zero-order valence-electron chi connectivity index (χ0n) is 21.1. The minimum atomic E-state index is -1.61. The normalized spacial score (nSPS) is 11.2. The van der Waals surface area contributed by atoms with Crippen LogP contribution in [-0.4, -0.2) is 39.7 Å². The first-order valence-corrected chi connectivity index (χ1v) is 13.0. The van der Waals surface area contributed by atoms with Crippen molar-refractivity contribution in [3.05, 3.63) is 120 Å². The van der Waals surface area contributed by atoms with Crippen molar-refractivity contribution in [1.82, 2.24) is 9.47 Å². The third-order valence-corrected chi connectivity index (χ3v) is 7.16. The summed E-state index contributed by atoms with van der Waals surface area (Å²) in [6.07, 6.45) is -1.61. The van der Waals surface area contributed by atoms with Gasteiger partial charge in [0.15, 0.2) is 6.29 Å². The van der Waals surface area contributed by atoms with Gasteiger partial charge in [-0.05, 0) is 72.3 Å². The minimum Gasteiger partial charge on any atom is -0.457 e. The molecule has 0 spiro atoms. The molecule has 192 valence electrons. The van der Waals surface area contributed by atoms with Crippen LogP contribution < -0.4 is 4.74 Å². The van der Waals surface area contributed by atoms with Gasteiger partial charge in [0.05, 0.1) is 5.69 Å². The van der Waals surface area contributed by atoms with E-state index >= 15 is 0 Å². The molecule has 0 radical (unpaired) electrons. The molecule has 5 aromatic rings. The summed E-state index contributed by atoms with van der Waals surface area (Å²) in [5.41, 5.74) is 2.87. The molecule has 0 aliphatic heterocycles. The standard InChI is InChI=1S/C31H28N2O4S/c1-32(2)30(34)22-10-8-21(9-11-22)20-33-28-19-27(15-12-23(28)18-29(33)31(35)36)38-26-16-13-25(14-17-26)37-24-6-4-3-5-7-24/h3-19,31,35-36H,20H2,1-2H3. The topological polar surface area (TPSA) is 74.9 Å². The summed E-state index contributed by atoms with van der Waals surface area (Å²) < 4.78 is 7.80. The van der Waals surface area contributed by atoms with Crippen LogP contribution >= 0.6 is 11.8 Å². The van der Waals surface area contributed by atoms with Gasteiger partial charge in [-0.2, -0.15) is 0 Å². The van der Waals surface area contributed by atoms with E-state index in [9.17, 15) is 15.0 Å². The molecule has 0 aliphatic carbocycles. The van der Waals surface area contributed by atoms with Crippen LogP contribution in [-0.2, 0) is 6.54 Å². The van der Waals surface area contributed by atoms with Gasteiger partial charge >= 0.3 is 0 Å². The fourth-order valence-corrected chi connectivity index (χ4v) is 5.09. The fourth-order valence-electron chi connectivity index (χ4n) is 4.24. The Kier molecular flexibility index (Phi) is 7.51. The van der Waals surface area contributed by atoms with Crippen molar-refractivity contribution >= 4 is 28.6 Å². The molecule has 0 saturated carbocycles. The van der Waals surface area contributed by atoms with Gasteiger partial charge in [0.2, 0.25) is 0 Å². The molecule has 6 nitrogen and oxygen atoms in total. The largest absolute Gasteiger partial charge is 0.457 e. The second-order valence-corrected chi connectivity index (χ2v) is 10.3. The third kappa shape index (κ3) is 5.75. The number of hydrogen-bond acceptors (Lipinski definition) is 5. The third-order valence-electron chi connectivity index (χ3n) is 6.16. The first-order chi connectivity index (χ1) is 18.4. The summed E-state index contributed by atoms with van der Waals surface area (Å²) >= 11 is 1.62. The molecule has 7 heteroatoms. The molecule has 38 heavy (non-hydrogen) atoms. The number of ether oxygens (including phenoxy) is 1. The van der Waals surface area contributed by atoms with E-state index < -0.39 is 6.29 Å². The van der Waals surface area contributed by atoms with Gasteiger partial charge in [-0.3, -0.25) is 4.79 Å². The number of hydrogen-bond donors (Lipinski definition) is 2. The molecule has 0 aliphatic rings. The summed E-state index contributed by atoms with van der Waals surface area (Å²) in [5.74, 6) is 1.50. The number of benzene rings is 4. The Morgan fingerprint density at radius 1 is 0.842 bits per heavy atom. The van der Waals surface area contributed by atoms with E-state index in [0.717, 1.165) is 37.8 Å². The summed E-state index contributed by atoms with van der Waals surface area (Å²) in [4.78, 5) is 15.9. The van der Waals surface area contributed by atoms with Crippen molar-refractivity contribution in [2.45, 2.75) is 22.6 Å². The maximum absolute atomic E-state index is 12.2. The van der Waals surface area contributed by atoms with E-state index in [1.54, 1.807) is 44.1 Å². The van der Waals surface area contributed by atoms with Crippen LogP contribution in [0, 0.1) is 0 Å². The number of carbonyl (C=O) groups excluding carboxylic acids is 1. The molecule has 0 saturated heterocycles. The Balaban J connectivity index is 1.38. The number of amides is 1. The van der Waals surface area contributed by atoms with Crippen LogP contribution in [0.4, 0.5) is 0 Å². The van der Waals surface area contributed by atoms with Crippen molar-refractivity contribution in [3.63, 3.8) is 0 Å². The van der Waals surface area contributed by atoms with Crippen molar-refractivity contribution < 1.29 is 19.7 Å². The molecule has 5 rings (SSSR count). The molecule has 0 atom stereocenters. The number of aromatic nitrogens is 1. The van der Waals surface area contributed by atoms with E-state index in [1.165, 1.54) is 4.90 Å². The van der Waals surface area contributed by atoms with Crippen molar-refractivity contribution in [3.8, 4) is 11.5 Å². The Labute approximate surface area is 225 Å². The van der Waals surface area contributed by atoms with Crippen LogP contribution in [0.3, 0.4) is 0 Å². The molecule has 0 unspecified atom stereocenters. The van der Waals surface area contributed by atoms with Gasteiger partial charge in [-0.1, -0.05) is 48.2 Å². The fraction of sp³-hybridized carbons (Fsp3) is 0.129. The molecular formula is C31H28N2O4S. The number of fused-ring (bicyclic) bond motifs is 1. The van der Waals surface area contributed by atoms with Crippen LogP contribution in [0.1, 0.15) is 27.9 Å². The zero-order chi connectivity index (χ0) is 26.6. The molecule has 0 bridgehead atoms. The quantitative estimate of drug-likeness (QED) is 0.233. The number of aliphatic hydroxyl groups is 2. The maximum Gasteiger partial charge on any atom is 0.253 e. The van der Waals surface area contributed by atoms with Crippen molar-refractivity contribution in [2.75, 3.05) is 14.1 Å². The lowest BCUT2D eigenvalue weighted by Gasteiger charge is -2.14. The lowest BCUT2D eigenvalue weighted by atomic mass is 10.1. The predicted octanol–water partition coefficient (Wildman–Crippen LogP) is 6.32. The lowest BCUT2D eigenvalue weighted by Crippen LogP contribution is -2.21. The van der Waals surface area contributed by atoms with Crippen LogP contribution in [0.15, 0.2) is 113 Å². The van der Waals surface area contributed by atoms with Gasteiger partial charge in [-0.25, -0.2) is 0 Å². The second kappa shape index (κ2) is 11.1.